The molecule has 142 valence electrons. The number of likely N-dealkylation sites (tertiary alicyclic amines) is 1. The lowest BCUT2D eigenvalue weighted by atomic mass is 10.1. The zero-order chi connectivity index (χ0) is 17.7. The van der Waals surface area contributed by atoms with E-state index in [-0.39, 0.29) is 0 Å². The van der Waals surface area contributed by atoms with Gasteiger partial charge in [-0.3, -0.25) is 4.99 Å². The molecule has 1 aromatic rings. The lowest BCUT2D eigenvalue weighted by Gasteiger charge is -2.32. The fourth-order valence-electron chi connectivity index (χ4n) is 2.73. The molecule has 0 amide bonds. The van der Waals surface area contributed by atoms with E-state index in [1.165, 1.54) is 0 Å². The minimum Gasteiger partial charge on any atom is -0.383 e. The van der Waals surface area contributed by atoms with E-state index in [2.05, 4.69) is 27.4 Å². The highest BCUT2D eigenvalue weighted by molar-refractivity contribution is 8.00. The van der Waals surface area contributed by atoms with Crippen LogP contribution in [0.15, 0.2) is 20.9 Å². The first kappa shape index (κ1) is 20.5. The van der Waals surface area contributed by atoms with Gasteiger partial charge in [0.05, 0.1) is 6.61 Å². The van der Waals surface area contributed by atoms with Gasteiger partial charge in [-0.15, -0.1) is 11.3 Å². The van der Waals surface area contributed by atoms with E-state index in [4.69, 9.17) is 9.73 Å². The Morgan fingerprint density at radius 1 is 1.48 bits per heavy atom. The Kier molecular flexibility index (Phi) is 10.3. The Morgan fingerprint density at radius 3 is 3.00 bits per heavy atom. The van der Waals surface area contributed by atoms with Crippen molar-refractivity contribution in [3.8, 4) is 0 Å². The number of thiazole rings is 1. The number of thioether (sulfide) groups is 1. The Morgan fingerprint density at radius 2 is 2.32 bits per heavy atom. The molecule has 1 aliphatic rings. The number of rotatable bonds is 10. The lowest BCUT2D eigenvalue weighted by molar-refractivity contribution is 0.128. The second kappa shape index (κ2) is 12.5. The maximum Gasteiger partial charge on any atom is 0.191 e. The molecule has 1 fully saturated rings. The summed E-state index contributed by atoms with van der Waals surface area (Å²) < 4.78 is 6.31. The van der Waals surface area contributed by atoms with Crippen LogP contribution in [0.2, 0.25) is 0 Å². The number of guanidine groups is 1. The summed E-state index contributed by atoms with van der Waals surface area (Å²) in [6, 6.07) is 0.515. The Hall–Kier alpha value is -0.830. The van der Waals surface area contributed by atoms with Gasteiger partial charge in [0.25, 0.3) is 0 Å². The SMILES string of the molecule is CCNC(=NCCCSc1nccs1)NC1CCN(CCOC)CC1. The number of hydrogen-bond acceptors (Lipinski definition) is 6. The first-order valence-corrected chi connectivity index (χ1v) is 11.0. The van der Waals surface area contributed by atoms with Gasteiger partial charge < -0.3 is 20.3 Å². The maximum atomic E-state index is 5.16. The fourth-order valence-corrected chi connectivity index (χ4v) is 4.36. The monoisotopic (exact) mass is 385 g/mol. The van der Waals surface area contributed by atoms with Gasteiger partial charge in [0.15, 0.2) is 5.96 Å². The second-order valence-electron chi connectivity index (χ2n) is 6.01. The molecule has 2 heterocycles. The minimum atomic E-state index is 0.515. The summed E-state index contributed by atoms with van der Waals surface area (Å²) in [6.07, 6.45) is 5.25. The third-order valence-corrected chi connectivity index (χ3v) is 6.14. The molecule has 0 spiro atoms. The summed E-state index contributed by atoms with van der Waals surface area (Å²) in [4.78, 5) is 11.5. The van der Waals surface area contributed by atoms with Gasteiger partial charge in [-0.1, -0.05) is 11.8 Å². The van der Waals surface area contributed by atoms with Crippen molar-refractivity contribution < 1.29 is 4.74 Å². The zero-order valence-electron chi connectivity index (χ0n) is 15.4. The molecule has 2 N–H and O–H groups in total. The van der Waals surface area contributed by atoms with Crippen LogP contribution in [0, 0.1) is 0 Å². The van der Waals surface area contributed by atoms with E-state index in [0.717, 1.165) is 74.6 Å². The summed E-state index contributed by atoms with van der Waals surface area (Å²) in [5.41, 5.74) is 0. The highest BCUT2D eigenvalue weighted by atomic mass is 32.2. The first-order valence-electron chi connectivity index (χ1n) is 9.10. The third-order valence-electron chi connectivity index (χ3n) is 4.09. The van der Waals surface area contributed by atoms with Crippen LogP contribution >= 0.6 is 23.1 Å². The minimum absolute atomic E-state index is 0.515. The summed E-state index contributed by atoms with van der Waals surface area (Å²) in [5.74, 6) is 2.02. The summed E-state index contributed by atoms with van der Waals surface area (Å²) in [5, 5.41) is 8.99. The maximum absolute atomic E-state index is 5.16. The molecule has 1 saturated heterocycles. The molecule has 0 aliphatic carbocycles. The molecule has 1 aromatic heterocycles. The molecule has 0 saturated carbocycles. The van der Waals surface area contributed by atoms with E-state index >= 15 is 0 Å². The van der Waals surface area contributed by atoms with Gasteiger partial charge in [0.2, 0.25) is 0 Å². The van der Waals surface area contributed by atoms with Crippen molar-refractivity contribution >= 4 is 29.1 Å². The number of nitrogens with zero attached hydrogens (tertiary/aromatic N) is 3. The van der Waals surface area contributed by atoms with Gasteiger partial charge in [-0.2, -0.15) is 0 Å². The van der Waals surface area contributed by atoms with Gasteiger partial charge >= 0.3 is 0 Å². The topological polar surface area (TPSA) is 61.8 Å². The van der Waals surface area contributed by atoms with Gasteiger partial charge in [0.1, 0.15) is 4.34 Å². The number of aliphatic imine (C=N–C) groups is 1. The summed E-state index contributed by atoms with van der Waals surface area (Å²) in [6.45, 7) is 7.97. The smallest absolute Gasteiger partial charge is 0.191 e. The molecule has 0 unspecified atom stereocenters. The van der Waals surface area contributed by atoms with Crippen LogP contribution in [0.3, 0.4) is 0 Å². The molecule has 2 rings (SSSR count). The van der Waals surface area contributed by atoms with Crippen molar-refractivity contribution in [1.82, 2.24) is 20.5 Å². The lowest BCUT2D eigenvalue weighted by Crippen LogP contribution is -2.49. The second-order valence-corrected chi connectivity index (χ2v) is 8.25. The highest BCUT2D eigenvalue weighted by Gasteiger charge is 2.19. The Bertz CT molecular complexity index is 475. The average Bonchev–Trinajstić information content (AvgIpc) is 3.14. The summed E-state index contributed by atoms with van der Waals surface area (Å²) in [7, 11) is 1.77. The number of hydrogen-bond donors (Lipinski definition) is 2. The molecule has 25 heavy (non-hydrogen) atoms. The van der Waals surface area contributed by atoms with Crippen molar-refractivity contribution in [2.75, 3.05) is 52.2 Å². The zero-order valence-corrected chi connectivity index (χ0v) is 17.0. The van der Waals surface area contributed by atoms with Crippen LogP contribution in [0.5, 0.6) is 0 Å². The van der Waals surface area contributed by atoms with E-state index in [9.17, 15) is 0 Å². The van der Waals surface area contributed by atoms with E-state index in [0.29, 0.717) is 6.04 Å². The molecule has 0 radical (unpaired) electrons. The molecule has 0 aromatic carbocycles. The average molecular weight is 386 g/mol. The van der Waals surface area contributed by atoms with Crippen LogP contribution in [-0.2, 0) is 4.74 Å². The van der Waals surface area contributed by atoms with Gasteiger partial charge in [-0.05, 0) is 26.2 Å². The Labute approximate surface area is 159 Å². The van der Waals surface area contributed by atoms with Crippen LogP contribution in [0.25, 0.3) is 0 Å². The molecular formula is C17H31N5OS2. The molecule has 1 aliphatic heterocycles. The number of piperidine rings is 1. The van der Waals surface area contributed by atoms with Crippen LogP contribution in [0.4, 0.5) is 0 Å². The standard InChI is InChI=1S/C17H31N5OS2/c1-3-18-16(19-7-4-13-24-17-20-8-14-25-17)21-15-5-9-22(10-6-15)11-12-23-2/h8,14-15H,3-7,9-13H2,1-2H3,(H2,18,19,21). The van der Waals surface area contributed by atoms with Gasteiger partial charge in [0, 0.05) is 63.2 Å². The largest absolute Gasteiger partial charge is 0.383 e. The van der Waals surface area contributed by atoms with Crippen molar-refractivity contribution in [3.63, 3.8) is 0 Å². The van der Waals surface area contributed by atoms with E-state index in [1.807, 2.05) is 23.3 Å². The van der Waals surface area contributed by atoms with Crippen LogP contribution in [0.1, 0.15) is 26.2 Å². The van der Waals surface area contributed by atoms with Crippen LogP contribution in [-0.4, -0.2) is 74.1 Å². The Balaban J connectivity index is 1.65. The van der Waals surface area contributed by atoms with Crippen molar-refractivity contribution in [3.05, 3.63) is 11.6 Å². The molecular weight excluding hydrogens is 354 g/mol. The highest BCUT2D eigenvalue weighted by Crippen LogP contribution is 2.20. The number of nitrogens with one attached hydrogen (secondary N) is 2. The normalized spacial score (nSPS) is 17.0. The van der Waals surface area contributed by atoms with Gasteiger partial charge in [-0.25, -0.2) is 4.98 Å². The van der Waals surface area contributed by atoms with Crippen LogP contribution < -0.4 is 10.6 Å². The van der Waals surface area contributed by atoms with E-state index < -0.39 is 0 Å². The van der Waals surface area contributed by atoms with E-state index in [1.54, 1.807) is 18.4 Å². The first-order chi connectivity index (χ1) is 12.3. The molecule has 8 heteroatoms. The fraction of sp³-hybridized carbons (Fsp3) is 0.765. The third kappa shape index (κ3) is 8.40. The predicted molar refractivity (Wildman–Crippen MR) is 108 cm³/mol. The quantitative estimate of drug-likeness (QED) is 0.279. The molecule has 0 bridgehead atoms. The van der Waals surface area contributed by atoms with Crippen molar-refractivity contribution in [1.29, 1.82) is 0 Å². The molecule has 6 nitrogen and oxygen atoms in total. The number of aromatic nitrogens is 1. The van der Waals surface area contributed by atoms with Crippen molar-refractivity contribution in [2.24, 2.45) is 4.99 Å². The summed E-state index contributed by atoms with van der Waals surface area (Å²) >= 11 is 3.52. The number of methoxy groups -OCH3 is 1. The number of ether oxygens (including phenoxy) is 1. The molecule has 0 atom stereocenters. The predicted octanol–water partition coefficient (Wildman–Crippen LogP) is 2.29. The van der Waals surface area contributed by atoms with Crippen molar-refractivity contribution in [2.45, 2.75) is 36.6 Å².